The van der Waals surface area contributed by atoms with Gasteiger partial charge in [-0.2, -0.15) is 4.57 Å². The van der Waals surface area contributed by atoms with Gasteiger partial charge < -0.3 is 19.7 Å². The van der Waals surface area contributed by atoms with Crippen LogP contribution < -0.4 is 11.0 Å². The first kappa shape index (κ1) is 25.5. The molecule has 0 aliphatic carbocycles. The van der Waals surface area contributed by atoms with Gasteiger partial charge in [0.25, 0.3) is 0 Å². The molecular formula is C27H34N4O5. The van der Waals surface area contributed by atoms with Crippen molar-refractivity contribution < 1.29 is 19.1 Å². The number of nitrogens with one attached hydrogen (secondary N) is 1. The Kier molecular flexibility index (Phi) is 8.43. The summed E-state index contributed by atoms with van der Waals surface area (Å²) in [6, 6.07) is 16.8. The summed E-state index contributed by atoms with van der Waals surface area (Å²) in [4.78, 5) is 39.9. The summed E-state index contributed by atoms with van der Waals surface area (Å²) in [5.41, 5.74) is 1.86. The normalized spacial score (nSPS) is 15.5. The molecule has 1 fully saturated rings. The molecular weight excluding hydrogens is 460 g/mol. The van der Waals surface area contributed by atoms with E-state index in [9.17, 15) is 14.4 Å². The number of aromatic nitrogens is 2. The Morgan fingerprint density at radius 3 is 2.36 bits per heavy atom. The molecule has 1 aliphatic rings. The summed E-state index contributed by atoms with van der Waals surface area (Å²) in [7, 11) is 0. The van der Waals surface area contributed by atoms with Crippen molar-refractivity contribution in [1.82, 2.24) is 19.4 Å². The standard InChI is InChI=1S/C27H34N4O5/c1-3-30-23-11-7-8-12-24(23)31(26(30)33)27(34)36-19-22-13-15-29(16-14-22)17-20(2)28-25(32)35-18-21-9-5-4-6-10-21/h4-12,20,22H,3,13-19H2,1-2H3,(H,28,32). The molecule has 1 aromatic heterocycles. The first-order chi connectivity index (χ1) is 17.5. The van der Waals surface area contributed by atoms with Gasteiger partial charge in [-0.25, -0.2) is 14.4 Å². The number of hydrogen-bond donors (Lipinski definition) is 1. The summed E-state index contributed by atoms with van der Waals surface area (Å²) in [6.07, 6.45) is 0.708. The van der Waals surface area contributed by atoms with Crippen LogP contribution in [0.15, 0.2) is 59.4 Å². The third kappa shape index (κ3) is 6.15. The molecule has 1 aliphatic heterocycles. The number of hydrogen-bond acceptors (Lipinski definition) is 6. The smallest absolute Gasteiger partial charge is 0.422 e. The average molecular weight is 495 g/mol. The first-order valence-electron chi connectivity index (χ1n) is 12.5. The van der Waals surface area contributed by atoms with Crippen molar-refractivity contribution in [2.45, 2.75) is 45.9 Å². The van der Waals surface area contributed by atoms with Crippen molar-refractivity contribution in [3.8, 4) is 0 Å². The molecule has 1 saturated heterocycles. The molecule has 1 atom stereocenters. The second-order valence-electron chi connectivity index (χ2n) is 9.28. The minimum Gasteiger partial charge on any atom is -0.449 e. The monoisotopic (exact) mass is 494 g/mol. The molecule has 9 heteroatoms. The third-order valence-corrected chi connectivity index (χ3v) is 6.59. The van der Waals surface area contributed by atoms with Crippen LogP contribution >= 0.6 is 0 Å². The second kappa shape index (κ2) is 11.9. The van der Waals surface area contributed by atoms with Gasteiger partial charge in [0, 0.05) is 19.1 Å². The lowest BCUT2D eigenvalue weighted by Crippen LogP contribution is -2.45. The SMILES string of the molecule is CCn1c(=O)n(C(=O)OCC2CCN(CC(C)NC(=O)OCc3ccccc3)CC2)c2ccccc21. The highest BCUT2D eigenvalue weighted by Gasteiger charge is 2.24. The van der Waals surface area contributed by atoms with Gasteiger partial charge in [0.2, 0.25) is 0 Å². The van der Waals surface area contributed by atoms with E-state index in [2.05, 4.69) is 10.2 Å². The van der Waals surface area contributed by atoms with Crippen molar-refractivity contribution in [3.05, 3.63) is 70.6 Å². The van der Waals surface area contributed by atoms with E-state index in [1.807, 2.05) is 56.3 Å². The van der Waals surface area contributed by atoms with Crippen LogP contribution in [0.2, 0.25) is 0 Å². The summed E-state index contributed by atoms with van der Waals surface area (Å²) in [5, 5.41) is 2.89. The summed E-state index contributed by atoms with van der Waals surface area (Å²) >= 11 is 0. The number of likely N-dealkylation sites (tertiary alicyclic amines) is 1. The van der Waals surface area contributed by atoms with Gasteiger partial charge in [-0.05, 0) is 63.4 Å². The lowest BCUT2D eigenvalue weighted by molar-refractivity contribution is 0.0932. The van der Waals surface area contributed by atoms with Crippen molar-refractivity contribution in [1.29, 1.82) is 0 Å². The minimum absolute atomic E-state index is 0.0505. The number of carbonyl (C=O) groups excluding carboxylic acids is 2. The number of para-hydroxylation sites is 2. The lowest BCUT2D eigenvalue weighted by Gasteiger charge is -2.33. The van der Waals surface area contributed by atoms with Crippen LogP contribution in [0, 0.1) is 5.92 Å². The summed E-state index contributed by atoms with van der Waals surface area (Å²) in [5.74, 6) is 0.236. The van der Waals surface area contributed by atoms with Crippen molar-refractivity contribution in [2.75, 3.05) is 26.2 Å². The number of rotatable bonds is 8. The molecule has 0 bridgehead atoms. The number of ether oxygens (including phenoxy) is 2. The maximum Gasteiger partial charge on any atom is 0.422 e. The molecule has 1 N–H and O–H groups in total. The fourth-order valence-electron chi connectivity index (χ4n) is 4.68. The highest BCUT2D eigenvalue weighted by molar-refractivity contribution is 5.86. The molecule has 9 nitrogen and oxygen atoms in total. The maximum atomic E-state index is 12.8. The van der Waals surface area contributed by atoms with Crippen LogP contribution in [0.4, 0.5) is 9.59 Å². The van der Waals surface area contributed by atoms with E-state index in [1.165, 1.54) is 0 Å². The molecule has 2 aromatic carbocycles. The zero-order valence-corrected chi connectivity index (χ0v) is 20.9. The maximum absolute atomic E-state index is 12.8. The zero-order chi connectivity index (χ0) is 25.5. The Bertz CT molecular complexity index is 1230. The number of carbonyl (C=O) groups is 2. The highest BCUT2D eigenvalue weighted by Crippen LogP contribution is 2.19. The van der Waals surface area contributed by atoms with E-state index in [-0.39, 0.29) is 30.9 Å². The number of benzene rings is 2. The van der Waals surface area contributed by atoms with Crippen LogP contribution in [0.5, 0.6) is 0 Å². The average Bonchev–Trinajstić information content (AvgIpc) is 3.18. The van der Waals surface area contributed by atoms with Gasteiger partial charge in [-0.15, -0.1) is 0 Å². The van der Waals surface area contributed by atoms with Crippen LogP contribution in [0.1, 0.15) is 32.3 Å². The van der Waals surface area contributed by atoms with E-state index in [1.54, 1.807) is 16.7 Å². The highest BCUT2D eigenvalue weighted by atomic mass is 16.6. The lowest BCUT2D eigenvalue weighted by atomic mass is 9.97. The van der Waals surface area contributed by atoms with Crippen LogP contribution in [-0.4, -0.2) is 58.5 Å². The number of fused-ring (bicyclic) bond motifs is 1. The molecule has 1 amide bonds. The number of amides is 1. The van der Waals surface area contributed by atoms with Gasteiger partial charge in [-0.1, -0.05) is 42.5 Å². The quantitative estimate of drug-likeness (QED) is 0.511. The number of piperidine rings is 1. The Labute approximate surface area is 210 Å². The number of alkyl carbamates (subject to hydrolysis) is 1. The van der Waals surface area contributed by atoms with Crippen LogP contribution in [0.25, 0.3) is 11.0 Å². The van der Waals surface area contributed by atoms with Gasteiger partial charge in [0.15, 0.2) is 0 Å². The molecule has 36 heavy (non-hydrogen) atoms. The predicted molar refractivity (Wildman–Crippen MR) is 137 cm³/mol. The Hall–Kier alpha value is -3.59. The van der Waals surface area contributed by atoms with E-state index in [0.717, 1.165) is 48.1 Å². The fourth-order valence-corrected chi connectivity index (χ4v) is 4.68. The van der Waals surface area contributed by atoms with E-state index >= 15 is 0 Å². The van der Waals surface area contributed by atoms with Gasteiger partial charge in [0.05, 0.1) is 17.6 Å². The number of aryl methyl sites for hydroxylation is 1. The van der Waals surface area contributed by atoms with Gasteiger partial charge in [0.1, 0.15) is 6.61 Å². The summed E-state index contributed by atoms with van der Waals surface area (Å²) < 4.78 is 13.6. The van der Waals surface area contributed by atoms with Crippen molar-refractivity contribution in [2.24, 2.45) is 5.92 Å². The van der Waals surface area contributed by atoms with Gasteiger partial charge in [-0.3, -0.25) is 4.57 Å². The molecule has 0 radical (unpaired) electrons. The Balaban J connectivity index is 1.19. The molecule has 0 spiro atoms. The van der Waals surface area contributed by atoms with E-state index < -0.39 is 12.2 Å². The van der Waals surface area contributed by atoms with E-state index in [4.69, 9.17) is 9.47 Å². The largest absolute Gasteiger partial charge is 0.449 e. The number of nitrogens with zero attached hydrogens (tertiary/aromatic N) is 3. The van der Waals surface area contributed by atoms with Crippen molar-refractivity contribution in [3.63, 3.8) is 0 Å². The molecule has 2 heterocycles. The molecule has 0 saturated carbocycles. The van der Waals surface area contributed by atoms with E-state index in [0.29, 0.717) is 12.1 Å². The molecule has 1 unspecified atom stereocenters. The molecule has 4 rings (SSSR count). The third-order valence-electron chi connectivity index (χ3n) is 6.59. The number of imidazole rings is 1. The molecule has 192 valence electrons. The van der Waals surface area contributed by atoms with Crippen LogP contribution in [-0.2, 0) is 22.6 Å². The second-order valence-corrected chi connectivity index (χ2v) is 9.28. The topological polar surface area (TPSA) is 94.8 Å². The van der Waals surface area contributed by atoms with Crippen molar-refractivity contribution >= 4 is 23.2 Å². The first-order valence-corrected chi connectivity index (χ1v) is 12.5. The minimum atomic E-state index is -0.627. The summed E-state index contributed by atoms with van der Waals surface area (Å²) in [6.45, 7) is 7.27. The van der Waals surface area contributed by atoms with Crippen LogP contribution in [0.3, 0.4) is 0 Å². The predicted octanol–water partition coefficient (Wildman–Crippen LogP) is 3.83. The Morgan fingerprint density at radius 2 is 1.67 bits per heavy atom. The fraction of sp³-hybridized carbons (Fsp3) is 0.444. The van der Waals surface area contributed by atoms with Gasteiger partial charge >= 0.3 is 17.9 Å². The molecule has 3 aromatic rings. The Morgan fingerprint density at radius 1 is 1.00 bits per heavy atom. The zero-order valence-electron chi connectivity index (χ0n) is 20.9.